The number of anilines is 1. The maximum absolute atomic E-state index is 11.3. The van der Waals surface area contributed by atoms with Gasteiger partial charge in [0.2, 0.25) is 0 Å². The van der Waals surface area contributed by atoms with Gasteiger partial charge in [-0.25, -0.2) is 0 Å². The number of terminal acetylenes is 1. The molecule has 1 aliphatic heterocycles. The Balaban J connectivity index is 1.92. The highest BCUT2D eigenvalue weighted by atomic mass is 16.1. The van der Waals surface area contributed by atoms with E-state index < -0.39 is 5.91 Å². The number of rotatable bonds is 3. The van der Waals surface area contributed by atoms with E-state index in [0.717, 1.165) is 35.5 Å². The summed E-state index contributed by atoms with van der Waals surface area (Å²) in [6.07, 6.45) is 7.81. The van der Waals surface area contributed by atoms with Crippen molar-refractivity contribution >= 4 is 11.6 Å². The number of benzene rings is 1. The van der Waals surface area contributed by atoms with Crippen molar-refractivity contribution in [3.63, 3.8) is 0 Å². The summed E-state index contributed by atoms with van der Waals surface area (Å²) < 4.78 is 0. The van der Waals surface area contributed by atoms with Crippen LogP contribution in [-0.4, -0.2) is 17.4 Å². The second-order valence-corrected chi connectivity index (χ2v) is 5.45. The first-order valence-electron chi connectivity index (χ1n) is 7.74. The zero-order valence-electron chi connectivity index (χ0n) is 13.5. The molecule has 0 spiro atoms. The van der Waals surface area contributed by atoms with Crippen LogP contribution in [0.1, 0.15) is 18.1 Å². The minimum atomic E-state index is -0.424. The average molecular weight is 315 g/mol. The van der Waals surface area contributed by atoms with Crippen LogP contribution in [-0.2, 0) is 17.8 Å². The Morgan fingerprint density at radius 2 is 2.29 bits per heavy atom. The van der Waals surface area contributed by atoms with Gasteiger partial charge in [0.25, 0.3) is 5.91 Å². The highest BCUT2D eigenvalue weighted by Crippen LogP contribution is 2.32. The number of pyridine rings is 1. The third-order valence-corrected chi connectivity index (χ3v) is 3.96. The van der Waals surface area contributed by atoms with Crippen LogP contribution in [0.3, 0.4) is 0 Å². The molecule has 3 rings (SSSR count). The molecule has 4 heteroatoms. The maximum atomic E-state index is 11.3. The first kappa shape index (κ1) is 15.6. The standard InChI is InChI=1S/C20H17N3O/c1-3-11-23-12-9-15-13-16(7-8-18(15)23)20-17(6-5-10-21-20)14-22-19(24)4-2/h2,5-8,10,13H,9,12,14H2,1H3,(H,22,24). The number of carbonyl (C=O) groups is 1. The van der Waals surface area contributed by atoms with Gasteiger partial charge in [-0.3, -0.25) is 9.78 Å². The van der Waals surface area contributed by atoms with Crippen LogP contribution in [0.25, 0.3) is 11.3 Å². The van der Waals surface area contributed by atoms with Gasteiger partial charge in [-0.1, -0.05) is 18.1 Å². The first-order chi connectivity index (χ1) is 11.7. The van der Waals surface area contributed by atoms with Crippen LogP contribution in [0.15, 0.2) is 36.5 Å². The molecular weight excluding hydrogens is 298 g/mol. The molecule has 2 heterocycles. The largest absolute Gasteiger partial charge is 0.341 e. The topological polar surface area (TPSA) is 45.2 Å². The van der Waals surface area contributed by atoms with E-state index in [-0.39, 0.29) is 0 Å². The lowest BCUT2D eigenvalue weighted by Crippen LogP contribution is -2.21. The minimum absolute atomic E-state index is 0.358. The molecular formula is C20H17N3O. The highest BCUT2D eigenvalue weighted by molar-refractivity contribution is 5.92. The smallest absolute Gasteiger partial charge is 0.295 e. The zero-order valence-corrected chi connectivity index (χ0v) is 13.5. The van der Waals surface area contributed by atoms with Gasteiger partial charge in [-0.15, -0.1) is 6.42 Å². The molecule has 2 aromatic rings. The number of aromatic nitrogens is 1. The summed E-state index contributed by atoms with van der Waals surface area (Å²) >= 11 is 0. The third kappa shape index (κ3) is 3.09. The van der Waals surface area contributed by atoms with Gasteiger partial charge in [0.15, 0.2) is 0 Å². The number of hydrogen-bond acceptors (Lipinski definition) is 3. The molecule has 1 N–H and O–H groups in total. The summed E-state index contributed by atoms with van der Waals surface area (Å²) in [4.78, 5) is 17.9. The number of fused-ring (bicyclic) bond motifs is 1. The molecule has 0 atom stereocenters. The second kappa shape index (κ2) is 6.89. The van der Waals surface area contributed by atoms with Crippen LogP contribution >= 0.6 is 0 Å². The normalized spacial score (nSPS) is 11.9. The number of hydrogen-bond donors (Lipinski definition) is 1. The number of nitrogens with one attached hydrogen (secondary N) is 1. The van der Waals surface area contributed by atoms with Gasteiger partial charge in [0.05, 0.1) is 11.4 Å². The highest BCUT2D eigenvalue weighted by Gasteiger charge is 2.19. The lowest BCUT2D eigenvalue weighted by Gasteiger charge is -2.12. The van der Waals surface area contributed by atoms with Crippen molar-refractivity contribution in [3.05, 3.63) is 47.7 Å². The molecule has 118 valence electrons. The molecule has 0 saturated heterocycles. The summed E-state index contributed by atoms with van der Waals surface area (Å²) in [5.74, 6) is 4.58. The van der Waals surface area contributed by atoms with Gasteiger partial charge >= 0.3 is 0 Å². The van der Waals surface area contributed by atoms with Crippen LogP contribution in [0.2, 0.25) is 0 Å². The summed E-state index contributed by atoms with van der Waals surface area (Å²) in [7, 11) is 0. The van der Waals surface area contributed by atoms with E-state index in [4.69, 9.17) is 6.42 Å². The molecule has 4 nitrogen and oxygen atoms in total. The van der Waals surface area contributed by atoms with Gasteiger partial charge in [-0.05, 0) is 48.6 Å². The predicted octanol–water partition coefficient (Wildman–Crippen LogP) is 2.34. The summed E-state index contributed by atoms with van der Waals surface area (Å²) in [5, 5.41) is 2.69. The fourth-order valence-electron chi connectivity index (χ4n) is 2.87. The molecule has 0 saturated carbocycles. The van der Waals surface area contributed by atoms with E-state index in [1.165, 1.54) is 5.56 Å². The fraction of sp³-hybridized carbons (Fsp3) is 0.200. The van der Waals surface area contributed by atoms with E-state index in [1.54, 1.807) is 6.20 Å². The molecule has 24 heavy (non-hydrogen) atoms. The quantitative estimate of drug-likeness (QED) is 0.884. The van der Waals surface area contributed by atoms with E-state index in [2.05, 4.69) is 45.2 Å². The summed E-state index contributed by atoms with van der Waals surface area (Å²) in [6, 6.07) is 13.2. The molecule has 1 aliphatic rings. The monoisotopic (exact) mass is 315 g/mol. The Bertz CT molecular complexity index is 884. The van der Waals surface area contributed by atoms with E-state index in [0.29, 0.717) is 6.54 Å². The Morgan fingerprint density at radius 1 is 1.42 bits per heavy atom. The van der Waals surface area contributed by atoms with Crippen molar-refractivity contribution in [1.82, 2.24) is 10.3 Å². The number of nitrogens with zero attached hydrogens (tertiary/aromatic N) is 2. The second-order valence-electron chi connectivity index (χ2n) is 5.45. The molecule has 0 radical (unpaired) electrons. The lowest BCUT2D eigenvalue weighted by atomic mass is 10.0. The third-order valence-electron chi connectivity index (χ3n) is 3.96. The predicted molar refractivity (Wildman–Crippen MR) is 94.9 cm³/mol. The molecule has 1 amide bonds. The van der Waals surface area contributed by atoms with Crippen LogP contribution < -0.4 is 10.2 Å². The molecule has 1 aromatic heterocycles. The molecule has 0 unspecified atom stereocenters. The summed E-state index contributed by atoms with van der Waals surface area (Å²) in [5.41, 5.74) is 5.25. The van der Waals surface area contributed by atoms with Crippen molar-refractivity contribution in [1.29, 1.82) is 0 Å². The Kier molecular flexibility index (Phi) is 4.50. The van der Waals surface area contributed by atoms with Gasteiger partial charge < -0.3 is 10.2 Å². The van der Waals surface area contributed by atoms with E-state index in [9.17, 15) is 4.79 Å². The van der Waals surface area contributed by atoms with Crippen LogP contribution in [0, 0.1) is 24.3 Å². The molecule has 1 aromatic carbocycles. The number of carbonyl (C=O) groups excluding carboxylic acids is 1. The van der Waals surface area contributed by atoms with Gasteiger partial charge in [0, 0.05) is 30.9 Å². The van der Waals surface area contributed by atoms with Crippen molar-refractivity contribution < 1.29 is 4.79 Å². The fourth-order valence-corrected chi connectivity index (χ4v) is 2.87. The Labute approximate surface area is 141 Å². The molecule has 0 fully saturated rings. The summed E-state index contributed by atoms with van der Waals surface area (Å²) in [6.45, 7) is 3.11. The van der Waals surface area contributed by atoms with E-state index in [1.807, 2.05) is 25.1 Å². The maximum Gasteiger partial charge on any atom is 0.295 e. The first-order valence-corrected chi connectivity index (χ1v) is 7.74. The SMILES string of the molecule is C#CC(=O)NCc1cccnc1-c1ccc2c(c1)CCN2C#CC. The van der Waals surface area contributed by atoms with Crippen LogP contribution in [0.4, 0.5) is 5.69 Å². The van der Waals surface area contributed by atoms with Crippen molar-refractivity contribution in [3.8, 4) is 35.6 Å². The average Bonchev–Trinajstić information content (AvgIpc) is 3.02. The van der Waals surface area contributed by atoms with Crippen molar-refractivity contribution in [2.45, 2.75) is 19.9 Å². The lowest BCUT2D eigenvalue weighted by molar-refractivity contribution is -0.115. The molecule has 0 aliphatic carbocycles. The Hall–Kier alpha value is -3.24. The van der Waals surface area contributed by atoms with Gasteiger partial charge in [0.1, 0.15) is 0 Å². The Morgan fingerprint density at radius 3 is 3.08 bits per heavy atom. The molecule has 0 bridgehead atoms. The minimum Gasteiger partial charge on any atom is -0.341 e. The zero-order chi connectivity index (χ0) is 16.9. The van der Waals surface area contributed by atoms with Gasteiger partial charge in [-0.2, -0.15) is 0 Å². The van der Waals surface area contributed by atoms with Crippen LogP contribution in [0.5, 0.6) is 0 Å². The van der Waals surface area contributed by atoms with Crippen molar-refractivity contribution in [2.75, 3.05) is 11.4 Å². The van der Waals surface area contributed by atoms with Crippen molar-refractivity contribution in [2.24, 2.45) is 0 Å². The number of amides is 1. The van der Waals surface area contributed by atoms with E-state index >= 15 is 0 Å².